The molecule has 4 saturated carbocycles. The van der Waals surface area contributed by atoms with Crippen LogP contribution in [0.3, 0.4) is 0 Å². The second-order valence-corrected chi connectivity index (χ2v) is 18.6. The van der Waals surface area contributed by atoms with Crippen LogP contribution in [0.15, 0.2) is 29.3 Å². The number of hydrogen-bond donors (Lipinski definition) is 3. The molecule has 1 aromatic rings. The van der Waals surface area contributed by atoms with Gasteiger partial charge >= 0.3 is 0 Å². The van der Waals surface area contributed by atoms with E-state index in [0.29, 0.717) is 37.0 Å². The van der Waals surface area contributed by atoms with Gasteiger partial charge in [-0.3, -0.25) is 9.59 Å². The molecule has 1 saturated heterocycles. The molecule has 0 bridgehead atoms. The number of nitrogens with one attached hydrogen (secondary N) is 1. The van der Waals surface area contributed by atoms with Crippen molar-refractivity contribution in [2.45, 2.75) is 149 Å². The summed E-state index contributed by atoms with van der Waals surface area (Å²) >= 11 is 0. The van der Waals surface area contributed by atoms with Crippen molar-refractivity contribution in [2.24, 2.45) is 45.3 Å². The van der Waals surface area contributed by atoms with E-state index in [0.717, 1.165) is 48.8 Å². The van der Waals surface area contributed by atoms with Gasteiger partial charge in [0.05, 0.1) is 11.7 Å². The lowest BCUT2D eigenvalue weighted by atomic mass is 9.35. The van der Waals surface area contributed by atoms with Crippen molar-refractivity contribution in [3.63, 3.8) is 0 Å². The lowest BCUT2D eigenvalue weighted by molar-refractivity contribution is -0.183. The van der Waals surface area contributed by atoms with Crippen molar-refractivity contribution in [1.82, 2.24) is 5.32 Å². The monoisotopic (exact) mass is 659 g/mol. The van der Waals surface area contributed by atoms with Crippen molar-refractivity contribution < 1.29 is 24.5 Å². The van der Waals surface area contributed by atoms with Gasteiger partial charge in [0.1, 0.15) is 17.6 Å². The van der Waals surface area contributed by atoms with E-state index in [9.17, 15) is 19.8 Å². The van der Waals surface area contributed by atoms with Crippen LogP contribution in [0.25, 0.3) is 0 Å². The van der Waals surface area contributed by atoms with Crippen molar-refractivity contribution in [1.29, 1.82) is 0 Å². The molecule has 1 aliphatic heterocycles. The number of aromatic hydroxyl groups is 1. The molecule has 7 rings (SSSR count). The lowest BCUT2D eigenvalue weighted by Gasteiger charge is -2.68. The van der Waals surface area contributed by atoms with Gasteiger partial charge in [0.2, 0.25) is 0 Å². The Morgan fingerprint density at radius 1 is 0.979 bits per heavy atom. The number of Topliss-reactive ketones (excluding diaryl/α,β-unsaturated/α-hetero) is 2. The molecule has 0 amide bonds. The normalized spacial score (nSPS) is 41.9. The molecule has 3 N–H and O–H groups in total. The number of phenolic OH excluding ortho intramolecular Hbond substituents is 1. The van der Waals surface area contributed by atoms with E-state index in [1.165, 1.54) is 31.3 Å². The van der Waals surface area contributed by atoms with Gasteiger partial charge in [-0.25, -0.2) is 0 Å². The third-order valence-corrected chi connectivity index (χ3v) is 15.8. The standard InChI is InChI=1S/C42H61NO5/c1-24(17-31(45)37-42(7,48-37)27-11-9-10-12-27)35-30-13-14-34-39(4)21-29(26-18-25(23-43-8)19-28(44)20-26)36(47)38(2,3)33(39)15-16-40(34,5)41(30,6)22-32(35)46/h18-20,24,27,29,31,33-34,37,43-45H,9-17,21-23H2,1-8H3. The maximum absolute atomic E-state index is 14.3. The van der Waals surface area contributed by atoms with Crippen molar-refractivity contribution in [3.05, 3.63) is 40.5 Å². The Morgan fingerprint density at radius 3 is 2.38 bits per heavy atom. The first-order valence-corrected chi connectivity index (χ1v) is 19.2. The van der Waals surface area contributed by atoms with Crippen LogP contribution in [0.4, 0.5) is 0 Å². The molecule has 0 spiro atoms. The number of benzene rings is 1. The predicted molar refractivity (Wildman–Crippen MR) is 188 cm³/mol. The summed E-state index contributed by atoms with van der Waals surface area (Å²) in [6, 6.07) is 5.72. The first-order chi connectivity index (χ1) is 22.5. The molecule has 48 heavy (non-hydrogen) atoms. The molecular weight excluding hydrogens is 598 g/mol. The maximum atomic E-state index is 14.3. The number of epoxide rings is 1. The largest absolute Gasteiger partial charge is 0.508 e. The molecule has 6 nitrogen and oxygen atoms in total. The summed E-state index contributed by atoms with van der Waals surface area (Å²) in [5, 5.41) is 25.3. The highest BCUT2D eigenvalue weighted by atomic mass is 16.6. The molecule has 6 heteroatoms. The minimum absolute atomic E-state index is 0.00149. The van der Waals surface area contributed by atoms with Gasteiger partial charge in [0, 0.05) is 29.7 Å². The highest BCUT2D eigenvalue weighted by Gasteiger charge is 2.69. The number of ketones is 2. The van der Waals surface area contributed by atoms with E-state index in [2.05, 4.69) is 59.8 Å². The van der Waals surface area contributed by atoms with E-state index in [1.807, 2.05) is 13.1 Å². The van der Waals surface area contributed by atoms with Gasteiger partial charge in [-0.2, -0.15) is 0 Å². The fraction of sp³-hybridized carbons (Fsp3) is 0.762. The topological polar surface area (TPSA) is 99.2 Å². The highest BCUT2D eigenvalue weighted by Crippen LogP contribution is 2.75. The van der Waals surface area contributed by atoms with Crippen molar-refractivity contribution in [3.8, 4) is 5.75 Å². The number of aliphatic hydroxyl groups excluding tert-OH is 1. The summed E-state index contributed by atoms with van der Waals surface area (Å²) in [5.74, 6) is 1.73. The fourth-order valence-corrected chi connectivity index (χ4v) is 13.3. The zero-order chi connectivity index (χ0) is 34.6. The van der Waals surface area contributed by atoms with Crippen LogP contribution in [0.2, 0.25) is 0 Å². The number of fused-ring (bicyclic) bond motifs is 5. The molecule has 6 aliphatic rings. The highest BCUT2D eigenvalue weighted by molar-refractivity contribution is 6.00. The summed E-state index contributed by atoms with van der Waals surface area (Å²) in [6.07, 6.45) is 10.1. The predicted octanol–water partition coefficient (Wildman–Crippen LogP) is 8.04. The minimum atomic E-state index is -0.551. The summed E-state index contributed by atoms with van der Waals surface area (Å²) < 4.78 is 6.21. The molecule has 5 aliphatic carbocycles. The Hall–Kier alpha value is -2.02. The number of rotatable bonds is 8. The van der Waals surface area contributed by atoms with Gasteiger partial charge in [0.15, 0.2) is 5.78 Å². The molecule has 10 unspecified atom stereocenters. The molecule has 1 heterocycles. The molecule has 264 valence electrons. The molecule has 1 aromatic carbocycles. The fourth-order valence-electron chi connectivity index (χ4n) is 13.3. The molecule has 0 radical (unpaired) electrons. The molecular formula is C42H61NO5. The summed E-state index contributed by atoms with van der Waals surface area (Å²) in [7, 11) is 1.90. The Kier molecular flexibility index (Phi) is 8.25. The van der Waals surface area contributed by atoms with Crippen LogP contribution in [0.5, 0.6) is 5.75 Å². The average Bonchev–Trinajstić information content (AvgIpc) is 3.31. The van der Waals surface area contributed by atoms with Gasteiger partial charge in [0.25, 0.3) is 0 Å². The number of carbonyl (C=O) groups is 2. The average molecular weight is 660 g/mol. The number of ether oxygens (including phenoxy) is 1. The van der Waals surface area contributed by atoms with Crippen LogP contribution in [-0.2, 0) is 20.9 Å². The Labute approximate surface area is 288 Å². The van der Waals surface area contributed by atoms with E-state index >= 15 is 0 Å². The van der Waals surface area contributed by atoms with Gasteiger partial charge in [-0.15, -0.1) is 0 Å². The minimum Gasteiger partial charge on any atom is -0.508 e. The van der Waals surface area contributed by atoms with E-state index in [-0.39, 0.29) is 57.2 Å². The number of carbonyl (C=O) groups excluding carboxylic acids is 2. The number of aliphatic hydroxyl groups is 1. The van der Waals surface area contributed by atoms with Crippen molar-refractivity contribution >= 4 is 11.6 Å². The Morgan fingerprint density at radius 2 is 1.69 bits per heavy atom. The second-order valence-electron chi connectivity index (χ2n) is 18.6. The zero-order valence-electron chi connectivity index (χ0n) is 30.9. The number of allylic oxidation sites excluding steroid dienone is 2. The van der Waals surface area contributed by atoms with E-state index in [4.69, 9.17) is 4.74 Å². The molecule has 5 fully saturated rings. The first-order valence-electron chi connectivity index (χ1n) is 19.2. The van der Waals surface area contributed by atoms with Gasteiger partial charge < -0.3 is 20.3 Å². The van der Waals surface area contributed by atoms with Crippen LogP contribution < -0.4 is 5.32 Å². The summed E-state index contributed by atoms with van der Waals surface area (Å²) in [6.45, 7) is 16.6. The van der Waals surface area contributed by atoms with Gasteiger partial charge in [-0.05, 0) is 129 Å². The first kappa shape index (κ1) is 34.4. The van der Waals surface area contributed by atoms with Crippen LogP contribution in [0.1, 0.15) is 136 Å². The maximum Gasteiger partial charge on any atom is 0.159 e. The van der Waals surface area contributed by atoms with E-state index < -0.39 is 11.5 Å². The summed E-state index contributed by atoms with van der Waals surface area (Å²) in [5.41, 5.74) is 3.21. The second kappa shape index (κ2) is 11.5. The number of hydrogen-bond acceptors (Lipinski definition) is 6. The molecule has 10 atom stereocenters. The van der Waals surface area contributed by atoms with Crippen molar-refractivity contribution in [2.75, 3.05) is 7.05 Å². The van der Waals surface area contributed by atoms with Crippen LogP contribution in [0, 0.1) is 45.3 Å². The summed E-state index contributed by atoms with van der Waals surface area (Å²) in [4.78, 5) is 28.5. The smallest absolute Gasteiger partial charge is 0.159 e. The number of phenols is 1. The van der Waals surface area contributed by atoms with Crippen LogP contribution >= 0.6 is 0 Å². The third-order valence-electron chi connectivity index (χ3n) is 15.8. The van der Waals surface area contributed by atoms with Crippen LogP contribution in [-0.4, -0.2) is 46.6 Å². The SMILES string of the molecule is CNCc1cc(O)cc(C2CC3(C)C(CCC4(C)C3CCC3=C(C(C)CC(O)C5OC5(C)C5CCCC5)C(=O)CC34C)C(C)(C)C2=O)c1. The quantitative estimate of drug-likeness (QED) is 0.245. The Balaban J connectivity index is 1.18. The Bertz CT molecular complexity index is 1520. The lowest BCUT2D eigenvalue weighted by Crippen LogP contribution is -2.63. The van der Waals surface area contributed by atoms with E-state index in [1.54, 1.807) is 6.07 Å². The van der Waals surface area contributed by atoms with Gasteiger partial charge in [-0.1, -0.05) is 66.0 Å². The molecule has 0 aromatic heterocycles. The third kappa shape index (κ3) is 4.88. The zero-order valence-corrected chi connectivity index (χ0v) is 30.9.